The number of nitrogens with zero attached hydrogens (tertiary/aromatic N) is 3. The molecule has 0 radical (unpaired) electrons. The van der Waals surface area contributed by atoms with E-state index in [0.29, 0.717) is 42.8 Å². The number of imide groups is 1. The zero-order chi connectivity index (χ0) is 23.4. The molecule has 0 aliphatic carbocycles. The molecule has 34 heavy (non-hydrogen) atoms. The van der Waals surface area contributed by atoms with Crippen LogP contribution in [0.4, 0.5) is 4.39 Å². The first-order chi connectivity index (χ1) is 16.5. The molecule has 0 saturated carbocycles. The van der Waals surface area contributed by atoms with E-state index >= 15 is 4.39 Å². The minimum atomic E-state index is -1.11. The van der Waals surface area contributed by atoms with E-state index in [2.05, 4.69) is 17.0 Å². The van der Waals surface area contributed by atoms with Gasteiger partial charge in [-0.25, -0.2) is 9.40 Å². The molecule has 3 amide bonds. The van der Waals surface area contributed by atoms with E-state index in [1.165, 1.54) is 5.01 Å². The predicted octanol–water partition coefficient (Wildman–Crippen LogP) is 2.97. The summed E-state index contributed by atoms with van der Waals surface area (Å²) in [5.41, 5.74) is 2.27. The highest BCUT2D eigenvalue weighted by Crippen LogP contribution is 2.50. The van der Waals surface area contributed by atoms with E-state index in [9.17, 15) is 14.4 Å². The number of fused-ring (bicyclic) bond motifs is 4. The van der Waals surface area contributed by atoms with Gasteiger partial charge in [-0.3, -0.25) is 19.3 Å². The third-order valence-electron chi connectivity index (χ3n) is 7.68. The zero-order valence-electron chi connectivity index (χ0n) is 18.8. The van der Waals surface area contributed by atoms with Crippen LogP contribution in [0.15, 0.2) is 42.5 Å². The topological polar surface area (TPSA) is 70.2 Å². The number of halogens is 1. The van der Waals surface area contributed by atoms with Crippen LogP contribution in [0.1, 0.15) is 52.7 Å². The smallest absolute Gasteiger partial charge is 0.273 e. The number of hydrogen-bond donors (Lipinski definition) is 0. The molecule has 4 aliphatic rings. The number of alkyl halides is 1. The van der Waals surface area contributed by atoms with Crippen molar-refractivity contribution in [3.8, 4) is 5.75 Å². The second-order valence-corrected chi connectivity index (χ2v) is 9.67. The molecule has 0 bridgehead atoms. The predicted molar refractivity (Wildman–Crippen MR) is 120 cm³/mol. The molecule has 0 aromatic heterocycles. The largest absolute Gasteiger partial charge is 0.492 e. The Morgan fingerprint density at radius 1 is 1.03 bits per heavy atom. The van der Waals surface area contributed by atoms with Crippen LogP contribution >= 0.6 is 0 Å². The molecule has 2 unspecified atom stereocenters. The summed E-state index contributed by atoms with van der Waals surface area (Å²) in [5.74, 6) is -0.563. The first kappa shape index (κ1) is 21.3. The Balaban J connectivity index is 1.26. The minimum absolute atomic E-state index is 0.0853. The van der Waals surface area contributed by atoms with Gasteiger partial charge < -0.3 is 4.74 Å². The number of piperidine rings is 2. The second-order valence-electron chi connectivity index (χ2n) is 9.67. The number of likely N-dealkylation sites (tertiary alicyclic amines) is 1. The highest BCUT2D eigenvalue weighted by atomic mass is 19.1. The number of carbonyl (C=O) groups excluding carboxylic acids is 3. The molecule has 2 saturated heterocycles. The summed E-state index contributed by atoms with van der Waals surface area (Å²) in [6.45, 7) is 2.08. The quantitative estimate of drug-likeness (QED) is 0.655. The van der Waals surface area contributed by atoms with Gasteiger partial charge in [0.2, 0.25) is 11.8 Å². The minimum Gasteiger partial charge on any atom is -0.492 e. The third-order valence-corrected chi connectivity index (χ3v) is 7.68. The van der Waals surface area contributed by atoms with E-state index in [-0.39, 0.29) is 43.7 Å². The average Bonchev–Trinajstić information content (AvgIpc) is 3.36. The molecular weight excluding hydrogens is 437 g/mol. The molecule has 2 aromatic rings. The standard InChI is InChI=1S/C26H26FN3O4/c27-21-15-28(13-17-5-2-1-3-6-17)12-11-26(21)16-34-24-19-14-29(25(33)18(19)9-10-20(24)26)30-22(31)7-4-8-23(30)32/h1-3,5-6,9-10,21H,4,7-8,11-16H2. The first-order valence-corrected chi connectivity index (χ1v) is 11.8. The van der Waals surface area contributed by atoms with E-state index < -0.39 is 11.6 Å². The van der Waals surface area contributed by atoms with E-state index in [0.717, 1.165) is 22.7 Å². The summed E-state index contributed by atoms with van der Waals surface area (Å²) in [6, 6.07) is 13.6. The average molecular weight is 464 g/mol. The Morgan fingerprint density at radius 3 is 2.53 bits per heavy atom. The summed E-state index contributed by atoms with van der Waals surface area (Å²) >= 11 is 0. The Bertz CT molecular complexity index is 1170. The number of carbonyl (C=O) groups is 3. The molecule has 0 N–H and O–H groups in total. The molecule has 2 atom stereocenters. The fourth-order valence-electron chi connectivity index (χ4n) is 5.81. The molecule has 4 aliphatic heterocycles. The Hall–Kier alpha value is -3.26. The summed E-state index contributed by atoms with van der Waals surface area (Å²) in [7, 11) is 0. The maximum absolute atomic E-state index is 15.8. The zero-order valence-corrected chi connectivity index (χ0v) is 18.8. The van der Waals surface area contributed by atoms with Gasteiger partial charge in [0.15, 0.2) is 0 Å². The van der Waals surface area contributed by atoms with Gasteiger partial charge >= 0.3 is 0 Å². The fourth-order valence-corrected chi connectivity index (χ4v) is 5.81. The number of hydrazine groups is 1. The van der Waals surface area contributed by atoms with Crippen LogP contribution < -0.4 is 4.74 Å². The lowest BCUT2D eigenvalue weighted by molar-refractivity contribution is -0.163. The fraction of sp³-hybridized carbons (Fsp3) is 0.423. The Kier molecular flexibility index (Phi) is 4.95. The highest BCUT2D eigenvalue weighted by Gasteiger charge is 2.52. The number of benzene rings is 2. The number of ether oxygens (including phenoxy) is 1. The van der Waals surface area contributed by atoms with Crippen molar-refractivity contribution < 1.29 is 23.5 Å². The lowest BCUT2D eigenvalue weighted by Crippen LogP contribution is -2.52. The van der Waals surface area contributed by atoms with Crippen molar-refractivity contribution in [2.24, 2.45) is 0 Å². The first-order valence-electron chi connectivity index (χ1n) is 11.8. The van der Waals surface area contributed by atoms with Crippen molar-refractivity contribution in [3.05, 3.63) is 64.7 Å². The number of rotatable bonds is 3. The maximum Gasteiger partial charge on any atom is 0.273 e. The normalized spacial score (nSPS) is 26.7. The van der Waals surface area contributed by atoms with Gasteiger partial charge in [0.05, 0.1) is 17.5 Å². The van der Waals surface area contributed by atoms with Gasteiger partial charge in [-0.2, -0.15) is 5.01 Å². The highest BCUT2D eigenvalue weighted by molar-refractivity contribution is 6.05. The molecule has 8 heteroatoms. The van der Waals surface area contributed by atoms with Crippen LogP contribution in [-0.2, 0) is 28.1 Å². The molecule has 6 rings (SSSR count). The summed E-state index contributed by atoms with van der Waals surface area (Å²) in [5, 5.41) is 2.21. The van der Waals surface area contributed by atoms with Gasteiger partial charge in [0.25, 0.3) is 5.91 Å². The molecule has 7 nitrogen and oxygen atoms in total. The lowest BCUT2D eigenvalue weighted by atomic mass is 9.72. The van der Waals surface area contributed by atoms with Crippen LogP contribution in [-0.4, -0.2) is 58.5 Å². The molecule has 4 heterocycles. The maximum atomic E-state index is 15.8. The summed E-state index contributed by atoms with van der Waals surface area (Å²) in [4.78, 5) is 40.0. The van der Waals surface area contributed by atoms with E-state index in [1.807, 2.05) is 24.3 Å². The van der Waals surface area contributed by atoms with Crippen molar-refractivity contribution in [3.63, 3.8) is 0 Å². The summed E-state index contributed by atoms with van der Waals surface area (Å²) in [6.07, 6.45) is 0.499. The van der Waals surface area contributed by atoms with E-state index in [4.69, 9.17) is 4.74 Å². The van der Waals surface area contributed by atoms with Crippen LogP contribution in [0.5, 0.6) is 5.75 Å². The summed E-state index contributed by atoms with van der Waals surface area (Å²) < 4.78 is 21.8. The molecule has 2 fully saturated rings. The molecule has 2 aromatic carbocycles. The van der Waals surface area contributed by atoms with Crippen molar-refractivity contribution in [1.29, 1.82) is 0 Å². The van der Waals surface area contributed by atoms with Crippen molar-refractivity contribution in [1.82, 2.24) is 14.9 Å². The van der Waals surface area contributed by atoms with Crippen molar-refractivity contribution in [2.45, 2.75) is 50.4 Å². The molecular formula is C26H26FN3O4. The Morgan fingerprint density at radius 2 is 1.79 bits per heavy atom. The van der Waals surface area contributed by atoms with Crippen LogP contribution in [0.25, 0.3) is 0 Å². The van der Waals surface area contributed by atoms with Gasteiger partial charge in [-0.1, -0.05) is 36.4 Å². The van der Waals surface area contributed by atoms with Gasteiger partial charge in [0, 0.05) is 37.1 Å². The van der Waals surface area contributed by atoms with Crippen molar-refractivity contribution >= 4 is 17.7 Å². The number of amides is 3. The van der Waals surface area contributed by atoms with Crippen LogP contribution in [0, 0.1) is 0 Å². The van der Waals surface area contributed by atoms with E-state index in [1.54, 1.807) is 6.07 Å². The molecule has 1 spiro atoms. The number of hydrogen-bond acceptors (Lipinski definition) is 5. The van der Waals surface area contributed by atoms with Gasteiger partial charge in [-0.15, -0.1) is 0 Å². The second kappa shape index (κ2) is 7.91. The lowest BCUT2D eigenvalue weighted by Gasteiger charge is -2.41. The van der Waals surface area contributed by atoms with Gasteiger partial charge in [0.1, 0.15) is 18.5 Å². The van der Waals surface area contributed by atoms with Crippen molar-refractivity contribution in [2.75, 3.05) is 19.7 Å². The van der Waals surface area contributed by atoms with Crippen LogP contribution in [0.3, 0.4) is 0 Å². The monoisotopic (exact) mass is 463 g/mol. The van der Waals surface area contributed by atoms with Gasteiger partial charge in [-0.05, 0) is 31.0 Å². The Labute approximate surface area is 197 Å². The third kappa shape index (κ3) is 3.15. The SMILES string of the molecule is O=C1c2ccc3c(c2CN1N1C(=O)CCCC1=O)OCC31CCN(Cc2ccccc2)CC1F. The van der Waals surface area contributed by atoms with Crippen LogP contribution in [0.2, 0.25) is 0 Å². The molecule has 176 valence electrons.